The molecule has 0 aliphatic heterocycles. The van der Waals surface area contributed by atoms with Crippen LogP contribution in [0.3, 0.4) is 0 Å². The van der Waals surface area contributed by atoms with Crippen molar-refractivity contribution in [2.24, 2.45) is 0 Å². The Balaban J connectivity index is 3.10. The van der Waals surface area contributed by atoms with Crippen molar-refractivity contribution in [1.29, 1.82) is 0 Å². The number of hydrogen-bond donors (Lipinski definition) is 2. The molecule has 0 unspecified atom stereocenters. The fourth-order valence-electron chi connectivity index (χ4n) is 1.88. The van der Waals surface area contributed by atoms with Crippen LogP contribution >= 0.6 is 0 Å². The Morgan fingerprint density at radius 2 is 1.35 bits per heavy atom. The summed E-state index contributed by atoms with van der Waals surface area (Å²) in [5, 5.41) is 8.56. The van der Waals surface area contributed by atoms with E-state index in [2.05, 4.69) is 0 Å². The first-order chi connectivity index (χ1) is 10.2. The number of phenols is 1. The first-order valence-corrected chi connectivity index (χ1v) is 9.67. The molecular weight excluding hydrogens is 376 g/mol. The van der Waals surface area contributed by atoms with Gasteiger partial charge in [-0.2, -0.15) is 8.42 Å². The van der Waals surface area contributed by atoms with Crippen molar-refractivity contribution in [1.82, 2.24) is 0 Å². The molecule has 2 N–H and O–H groups in total. The topological polar surface area (TPSA) is 189 Å². The molecule has 2 rings (SSSR count). The van der Waals surface area contributed by atoms with Gasteiger partial charge in [0.25, 0.3) is 10.1 Å². The highest BCUT2D eigenvalue weighted by molar-refractivity contribution is 7.87. The molecule has 0 aliphatic carbocycles. The molecule has 23 heavy (non-hydrogen) atoms. The molecule has 0 fully saturated rings. The predicted molar refractivity (Wildman–Crippen MR) is 71.4 cm³/mol. The number of phenolic OH excluding ortho intramolecular Hbond substituents is 1. The molecule has 0 bridgehead atoms. The first-order valence-electron chi connectivity index (χ1n) is 5.41. The lowest BCUT2D eigenvalue weighted by Crippen LogP contribution is -2.06. The van der Waals surface area contributed by atoms with Crippen molar-refractivity contribution in [3.05, 3.63) is 24.3 Å². The van der Waals surface area contributed by atoms with Crippen LogP contribution in [0.5, 0.6) is 5.75 Å². The number of hydrogen-bond acceptors (Lipinski definition) is 9. The summed E-state index contributed by atoms with van der Waals surface area (Å²) in [5.41, 5.74) is 0. The first kappa shape index (κ1) is 17.6. The monoisotopic (exact) mass is 382 g/mol. The van der Waals surface area contributed by atoms with E-state index < -0.39 is 61.6 Å². The van der Waals surface area contributed by atoms with Gasteiger partial charge in [0.2, 0.25) is 0 Å². The van der Waals surface area contributed by atoms with Gasteiger partial charge in [-0.05, 0) is 29.7 Å². The maximum atomic E-state index is 11.2. The SMILES string of the molecule is O=S(=O)([O-])c1cc(S(=O)(=O)[O-])c2cc(O)c(S(=O)(=O)O)cc2c1. The lowest BCUT2D eigenvalue weighted by Gasteiger charge is -2.16. The molecule has 2 aromatic carbocycles. The second kappa shape index (κ2) is 5.12. The van der Waals surface area contributed by atoms with E-state index in [1.807, 2.05) is 0 Å². The third kappa shape index (κ3) is 3.44. The summed E-state index contributed by atoms with van der Waals surface area (Å²) >= 11 is 0. The summed E-state index contributed by atoms with van der Waals surface area (Å²) in [6.07, 6.45) is 0. The summed E-state index contributed by atoms with van der Waals surface area (Å²) in [5.74, 6) is -1.07. The zero-order valence-electron chi connectivity index (χ0n) is 10.7. The zero-order valence-corrected chi connectivity index (χ0v) is 13.1. The molecule has 0 radical (unpaired) electrons. The summed E-state index contributed by atoms with van der Waals surface area (Å²) in [7, 11) is -15.3. The van der Waals surface area contributed by atoms with E-state index in [9.17, 15) is 39.5 Å². The smallest absolute Gasteiger partial charge is 0.298 e. The van der Waals surface area contributed by atoms with Crippen LogP contribution in [-0.4, -0.2) is 44.0 Å². The zero-order chi connectivity index (χ0) is 17.8. The Morgan fingerprint density at radius 3 is 1.78 bits per heavy atom. The number of rotatable bonds is 3. The van der Waals surface area contributed by atoms with Gasteiger partial charge in [-0.25, -0.2) is 16.8 Å². The van der Waals surface area contributed by atoms with E-state index in [1.54, 1.807) is 0 Å². The van der Waals surface area contributed by atoms with Crippen LogP contribution in [0.15, 0.2) is 39.0 Å². The van der Waals surface area contributed by atoms with Gasteiger partial charge in [0.1, 0.15) is 30.9 Å². The maximum absolute atomic E-state index is 11.2. The molecule has 2 aromatic rings. The van der Waals surface area contributed by atoms with Crippen LogP contribution in [0.25, 0.3) is 10.8 Å². The van der Waals surface area contributed by atoms with E-state index in [0.29, 0.717) is 24.3 Å². The highest BCUT2D eigenvalue weighted by atomic mass is 32.2. The van der Waals surface area contributed by atoms with Crippen LogP contribution < -0.4 is 0 Å². The molecule has 13 heteroatoms. The molecule has 126 valence electrons. The average molecular weight is 382 g/mol. The third-order valence-electron chi connectivity index (χ3n) is 2.80. The fourth-order valence-corrected chi connectivity index (χ4v) is 3.80. The van der Waals surface area contributed by atoms with Gasteiger partial charge in [-0.3, -0.25) is 4.55 Å². The molecule has 0 atom stereocenters. The molecule has 0 amide bonds. The summed E-state index contributed by atoms with van der Waals surface area (Å²) in [6.45, 7) is 0. The number of aromatic hydroxyl groups is 1. The lowest BCUT2D eigenvalue weighted by molar-refractivity contribution is 0.444. The Hall–Kier alpha value is -1.77. The standard InChI is InChI=1S/C10H8O10S3/c11-8-4-7-5(2-10(8)23(18,19)20)1-6(21(12,13)14)3-9(7)22(15,16)17/h1-4,11H,(H,12,13,14)(H,15,16,17)(H,18,19,20)/p-2. The van der Waals surface area contributed by atoms with Crippen LogP contribution in [0, 0.1) is 0 Å². The van der Waals surface area contributed by atoms with Crippen molar-refractivity contribution in [2.45, 2.75) is 14.7 Å². The van der Waals surface area contributed by atoms with E-state index in [-0.39, 0.29) is 0 Å². The minimum absolute atomic E-state index is 0.305. The quantitative estimate of drug-likeness (QED) is 0.660. The minimum atomic E-state index is -5.25. The van der Waals surface area contributed by atoms with Crippen molar-refractivity contribution in [2.75, 3.05) is 0 Å². The Morgan fingerprint density at radius 1 is 0.783 bits per heavy atom. The predicted octanol–water partition coefficient (Wildman–Crippen LogP) is -0.400. The molecular formula is C10H6O10S3-2. The maximum Gasteiger partial charge on any atom is 0.298 e. The van der Waals surface area contributed by atoms with Crippen molar-refractivity contribution >= 4 is 41.1 Å². The molecule has 0 heterocycles. The average Bonchev–Trinajstić information content (AvgIpc) is 2.32. The largest absolute Gasteiger partial charge is 0.744 e. The molecule has 0 aromatic heterocycles. The van der Waals surface area contributed by atoms with Gasteiger partial charge < -0.3 is 14.2 Å². The van der Waals surface area contributed by atoms with Gasteiger partial charge in [0.05, 0.1) is 9.79 Å². The molecule has 0 aliphatic rings. The van der Waals surface area contributed by atoms with Crippen molar-refractivity contribution < 1.29 is 44.0 Å². The minimum Gasteiger partial charge on any atom is -0.744 e. The summed E-state index contributed by atoms with van der Waals surface area (Å²) in [4.78, 5) is -3.28. The fraction of sp³-hybridized carbons (Fsp3) is 0. The molecule has 0 saturated heterocycles. The van der Waals surface area contributed by atoms with E-state index in [0.717, 1.165) is 0 Å². The van der Waals surface area contributed by atoms with Gasteiger partial charge in [-0.15, -0.1) is 0 Å². The van der Waals surface area contributed by atoms with Crippen LogP contribution in [0.2, 0.25) is 0 Å². The van der Waals surface area contributed by atoms with E-state index in [4.69, 9.17) is 4.55 Å². The van der Waals surface area contributed by atoms with Crippen molar-refractivity contribution in [3.8, 4) is 5.75 Å². The Labute approximate surface area is 130 Å². The molecule has 0 saturated carbocycles. The Bertz CT molecular complexity index is 1130. The number of benzene rings is 2. The molecule has 0 spiro atoms. The highest BCUT2D eigenvalue weighted by Gasteiger charge is 2.20. The lowest BCUT2D eigenvalue weighted by atomic mass is 10.1. The van der Waals surface area contributed by atoms with Gasteiger partial charge >= 0.3 is 0 Å². The summed E-state index contributed by atoms with van der Waals surface area (Å²) in [6, 6.07) is 1.99. The highest BCUT2D eigenvalue weighted by Crippen LogP contribution is 2.34. The van der Waals surface area contributed by atoms with E-state index >= 15 is 0 Å². The van der Waals surface area contributed by atoms with Crippen molar-refractivity contribution in [3.63, 3.8) is 0 Å². The van der Waals surface area contributed by atoms with Crippen LogP contribution in [-0.2, 0) is 30.4 Å². The number of fused-ring (bicyclic) bond motifs is 1. The Kier molecular flexibility index (Phi) is 3.91. The molecule has 10 nitrogen and oxygen atoms in total. The second-order valence-corrected chi connectivity index (χ2v) is 8.46. The van der Waals surface area contributed by atoms with Gasteiger partial charge in [0.15, 0.2) is 0 Å². The van der Waals surface area contributed by atoms with Gasteiger partial charge in [0, 0.05) is 5.39 Å². The van der Waals surface area contributed by atoms with E-state index in [1.165, 1.54) is 0 Å². The van der Waals surface area contributed by atoms with Crippen LogP contribution in [0.4, 0.5) is 0 Å². The second-order valence-electron chi connectivity index (χ2n) is 4.35. The summed E-state index contributed by atoms with van der Waals surface area (Å²) < 4.78 is 97.9. The third-order valence-corrected chi connectivity index (χ3v) is 5.38. The van der Waals surface area contributed by atoms with Crippen LogP contribution in [0.1, 0.15) is 0 Å². The normalized spacial score (nSPS) is 13.3. The van der Waals surface area contributed by atoms with Gasteiger partial charge in [-0.1, -0.05) is 0 Å².